The highest BCUT2D eigenvalue weighted by molar-refractivity contribution is 5.87. The molecular weight excluding hydrogens is 861 g/mol. The van der Waals surface area contributed by atoms with Gasteiger partial charge in [-0.15, -0.1) is 0 Å². The molecule has 0 aromatic carbocycles. The van der Waals surface area contributed by atoms with Gasteiger partial charge < -0.3 is 63.8 Å². The van der Waals surface area contributed by atoms with Crippen LogP contribution in [0.4, 0.5) is 0 Å². The van der Waals surface area contributed by atoms with Crippen molar-refractivity contribution in [1.82, 2.24) is 0 Å². The highest BCUT2D eigenvalue weighted by Gasteiger charge is 2.52. The van der Waals surface area contributed by atoms with E-state index in [4.69, 9.17) is 33.2 Å². The summed E-state index contributed by atoms with van der Waals surface area (Å²) in [5.41, 5.74) is 1.71. The van der Waals surface area contributed by atoms with Gasteiger partial charge in [0, 0.05) is 56.7 Å². The van der Waals surface area contributed by atoms with Crippen molar-refractivity contribution in [3.8, 4) is 0 Å². The topological polar surface area (TPSA) is 203 Å². The average Bonchev–Trinajstić information content (AvgIpc) is 3.28. The van der Waals surface area contributed by atoms with Gasteiger partial charge in [0.2, 0.25) is 5.76 Å². The average molecular weight is 943 g/mol. The van der Waals surface area contributed by atoms with E-state index in [1.807, 2.05) is 102 Å². The second-order valence-corrected chi connectivity index (χ2v) is 18.8. The number of esters is 1. The van der Waals surface area contributed by atoms with E-state index < -0.39 is 90.9 Å². The van der Waals surface area contributed by atoms with Crippen LogP contribution in [0.5, 0.6) is 0 Å². The molecule has 378 valence electrons. The first-order valence-electron chi connectivity index (χ1n) is 23.6. The lowest BCUT2D eigenvalue weighted by Gasteiger charge is -2.49. The summed E-state index contributed by atoms with van der Waals surface area (Å²) in [6.45, 7) is 16.8. The van der Waals surface area contributed by atoms with E-state index in [0.29, 0.717) is 12.0 Å². The van der Waals surface area contributed by atoms with E-state index in [9.17, 15) is 35.4 Å². The molecule has 0 aliphatic carbocycles. The third-order valence-corrected chi connectivity index (χ3v) is 13.3. The van der Waals surface area contributed by atoms with Crippen LogP contribution in [0.1, 0.15) is 81.6 Å². The summed E-state index contributed by atoms with van der Waals surface area (Å²) in [7, 11) is 4.40. The second kappa shape index (κ2) is 28.2. The number of cyclic esters (lactones) is 1. The molecule has 67 heavy (non-hydrogen) atoms. The summed E-state index contributed by atoms with van der Waals surface area (Å²) < 4.78 is 41.5. The maximum Gasteiger partial charge on any atom is 0.373 e. The highest BCUT2D eigenvalue weighted by Crippen LogP contribution is 2.42. The number of rotatable bonds is 17. The van der Waals surface area contributed by atoms with E-state index in [1.165, 1.54) is 14.2 Å². The molecule has 14 heteroatoms. The maximum absolute atomic E-state index is 13.9. The van der Waals surface area contributed by atoms with Crippen molar-refractivity contribution < 1.29 is 68.6 Å². The molecule has 3 rings (SSSR count). The number of aliphatic hydroxyl groups excluding tert-OH is 5. The Morgan fingerprint density at radius 1 is 0.910 bits per heavy atom. The SMILES string of the molecule is COC[C@H](O)[C@H](C)/C=C/C=C/C=C/C=C/C=C/[C@H]1O[C@](O)([C@H](C)[C@@H](O)[C@@H](C)[C@@H]2OC(=O)/C(OC)=C/C(C)=C/[C@H](C)[C@H](O)[C@H](C)C/C(C)=C/C=C/[C@H]2OC)C[C@H](O[C@@H]2C[C@H](O)[C@@H](O)[C@H](C)O2)[C@H]1C. The Morgan fingerprint density at radius 2 is 1.55 bits per heavy atom. The zero-order chi connectivity index (χ0) is 50.0. The quantitative estimate of drug-likeness (QED) is 0.0697. The normalized spacial score (nSPS) is 38.5. The second-order valence-electron chi connectivity index (χ2n) is 18.8. The molecule has 3 heterocycles. The molecule has 0 aromatic rings. The molecule has 0 amide bonds. The minimum atomic E-state index is -1.99. The summed E-state index contributed by atoms with van der Waals surface area (Å²) in [6, 6.07) is 0. The van der Waals surface area contributed by atoms with Crippen molar-refractivity contribution in [2.24, 2.45) is 35.5 Å². The van der Waals surface area contributed by atoms with E-state index in [2.05, 4.69) is 0 Å². The summed E-state index contributed by atoms with van der Waals surface area (Å²) >= 11 is 0. The fourth-order valence-electron chi connectivity index (χ4n) is 8.72. The molecule has 3 aliphatic rings. The van der Waals surface area contributed by atoms with Gasteiger partial charge >= 0.3 is 5.97 Å². The van der Waals surface area contributed by atoms with E-state index in [0.717, 1.165) is 5.57 Å². The number of carbonyl (C=O) groups is 1. The third-order valence-electron chi connectivity index (χ3n) is 13.3. The first kappa shape index (κ1) is 57.8. The molecule has 0 saturated carbocycles. The Hall–Kier alpha value is -3.51. The van der Waals surface area contributed by atoms with Crippen LogP contribution in [0, 0.1) is 35.5 Å². The number of aliphatic hydroxyl groups is 6. The lowest BCUT2D eigenvalue weighted by atomic mass is 9.77. The first-order chi connectivity index (χ1) is 31.7. The van der Waals surface area contributed by atoms with Crippen LogP contribution in [0.2, 0.25) is 0 Å². The lowest BCUT2D eigenvalue weighted by molar-refractivity contribution is -0.339. The van der Waals surface area contributed by atoms with Crippen LogP contribution < -0.4 is 0 Å². The Morgan fingerprint density at radius 3 is 2.16 bits per heavy atom. The molecule has 14 nitrogen and oxygen atoms in total. The standard InChI is InChI=1S/C53H82O14/c1-32-22-21-25-44(62-11)51(66-52(59)45(63-12)28-33(2)27-36(5)48(56)35(4)26-32)38(7)49(57)39(8)53(60)30-46(65-47-29-41(54)50(58)40(9)64-47)37(6)43(67-53)24-20-18-16-14-13-15-17-19-23-34(3)42(55)31-61-10/h13-25,27-28,34-44,46-51,54-58,60H,26,29-31H2,1-12H3/b14-13+,17-15+,18-16+,23-19+,24-20+,25-21+,32-22+,33-27+,45-28-/t34-,35-,36+,37+,38-,39-,40+,41+,42+,43-,44-,46+,47-,48-,49+,50+,51+,53+/m1/s1. The zero-order valence-electron chi connectivity index (χ0n) is 41.8. The molecule has 2 saturated heterocycles. The largest absolute Gasteiger partial charge is 0.490 e. The van der Waals surface area contributed by atoms with Crippen molar-refractivity contribution in [3.63, 3.8) is 0 Å². The van der Waals surface area contributed by atoms with Crippen LogP contribution in [-0.4, -0.2) is 138 Å². The number of carbonyl (C=O) groups excluding carboxylic acids is 1. The summed E-state index contributed by atoms with van der Waals surface area (Å²) in [5, 5.41) is 66.9. The van der Waals surface area contributed by atoms with Crippen molar-refractivity contribution in [3.05, 3.63) is 108 Å². The number of hydrogen-bond donors (Lipinski definition) is 6. The van der Waals surface area contributed by atoms with Gasteiger partial charge in [-0.2, -0.15) is 0 Å². The molecular formula is C53H82O14. The fraction of sp³-hybridized carbons (Fsp3) is 0.642. The molecule has 0 spiro atoms. The Kier molecular flexibility index (Phi) is 24.4. The van der Waals surface area contributed by atoms with E-state index >= 15 is 0 Å². The van der Waals surface area contributed by atoms with Crippen molar-refractivity contribution >= 4 is 5.97 Å². The molecule has 2 fully saturated rings. The van der Waals surface area contributed by atoms with Crippen molar-refractivity contribution in [2.45, 2.75) is 155 Å². The van der Waals surface area contributed by atoms with Gasteiger partial charge in [0.15, 0.2) is 12.1 Å². The summed E-state index contributed by atoms with van der Waals surface area (Å²) in [4.78, 5) is 13.9. The van der Waals surface area contributed by atoms with Gasteiger partial charge in [0.05, 0.1) is 56.4 Å². The Labute approximate surface area is 399 Å². The van der Waals surface area contributed by atoms with Crippen LogP contribution in [0.15, 0.2) is 108 Å². The predicted molar refractivity (Wildman–Crippen MR) is 258 cm³/mol. The maximum atomic E-state index is 13.9. The van der Waals surface area contributed by atoms with Gasteiger partial charge in [-0.25, -0.2) is 4.79 Å². The number of ether oxygens (including phenoxy) is 7. The van der Waals surface area contributed by atoms with Crippen LogP contribution in [-0.2, 0) is 38.0 Å². The molecule has 18 atom stereocenters. The van der Waals surface area contributed by atoms with Crippen molar-refractivity contribution in [1.29, 1.82) is 0 Å². The molecule has 0 aromatic heterocycles. The highest BCUT2D eigenvalue weighted by atomic mass is 16.7. The third kappa shape index (κ3) is 17.4. The van der Waals surface area contributed by atoms with Gasteiger partial charge in [0.25, 0.3) is 0 Å². The smallest absolute Gasteiger partial charge is 0.373 e. The van der Waals surface area contributed by atoms with Gasteiger partial charge in [-0.05, 0) is 39.2 Å². The fourth-order valence-corrected chi connectivity index (χ4v) is 8.72. The van der Waals surface area contributed by atoms with Crippen LogP contribution >= 0.6 is 0 Å². The molecule has 3 aliphatic heterocycles. The van der Waals surface area contributed by atoms with Crippen LogP contribution in [0.3, 0.4) is 0 Å². The minimum absolute atomic E-state index is 0.0127. The number of hydrogen-bond acceptors (Lipinski definition) is 14. The molecule has 0 unspecified atom stereocenters. The van der Waals surface area contributed by atoms with Crippen LogP contribution in [0.25, 0.3) is 0 Å². The Balaban J connectivity index is 1.95. The van der Waals surface area contributed by atoms with Gasteiger partial charge in [-0.3, -0.25) is 0 Å². The predicted octanol–water partition coefficient (Wildman–Crippen LogP) is 6.34. The molecule has 0 bridgehead atoms. The minimum Gasteiger partial charge on any atom is -0.490 e. The lowest BCUT2D eigenvalue weighted by Crippen LogP contribution is -2.59. The summed E-state index contributed by atoms with van der Waals surface area (Å²) in [5.74, 6) is -5.40. The van der Waals surface area contributed by atoms with Gasteiger partial charge in [0.1, 0.15) is 18.3 Å². The molecule has 6 N–H and O–H groups in total. The monoisotopic (exact) mass is 943 g/mol. The van der Waals surface area contributed by atoms with E-state index in [1.54, 1.807) is 58.3 Å². The zero-order valence-corrected chi connectivity index (χ0v) is 41.8. The number of allylic oxidation sites excluding steroid dienone is 13. The number of methoxy groups -OCH3 is 3. The first-order valence-corrected chi connectivity index (χ1v) is 23.6. The summed E-state index contributed by atoms with van der Waals surface area (Å²) in [6.07, 6.45) is 18.3. The Bertz CT molecular complexity index is 1780. The van der Waals surface area contributed by atoms with Crippen molar-refractivity contribution in [2.75, 3.05) is 27.9 Å². The molecule has 0 radical (unpaired) electrons. The van der Waals surface area contributed by atoms with Gasteiger partial charge in [-0.1, -0.05) is 138 Å². The van der Waals surface area contributed by atoms with E-state index in [-0.39, 0.29) is 48.9 Å².